The first-order chi connectivity index (χ1) is 24.0. The zero-order valence-corrected chi connectivity index (χ0v) is 25.6. The van der Waals surface area contributed by atoms with Gasteiger partial charge in [0.05, 0.1) is 70.8 Å². The van der Waals surface area contributed by atoms with Gasteiger partial charge in [0, 0.05) is 0 Å². The number of cyclic esters (lactones) is 4. The average Bonchev–Trinajstić information content (AvgIpc) is 3.75. The van der Waals surface area contributed by atoms with E-state index in [2.05, 4.69) is 9.47 Å². The van der Waals surface area contributed by atoms with Gasteiger partial charge in [-0.3, -0.25) is 29.0 Å². The van der Waals surface area contributed by atoms with Crippen LogP contribution in [0.3, 0.4) is 0 Å². The molecule has 8 rings (SSSR count). The van der Waals surface area contributed by atoms with Gasteiger partial charge >= 0.3 is 23.9 Å². The van der Waals surface area contributed by atoms with Crippen LogP contribution in [0.4, 0.5) is 0 Å². The van der Waals surface area contributed by atoms with Crippen LogP contribution in [0.15, 0.2) is 72.8 Å². The van der Waals surface area contributed by atoms with Crippen LogP contribution in [-0.4, -0.2) is 93.8 Å². The Morgan fingerprint density at radius 3 is 1.00 bits per heavy atom. The number of nitrogens with zero attached hydrogens (tertiary/aromatic N) is 2. The number of carbonyl (C=O) groups is 8. The van der Waals surface area contributed by atoms with Crippen molar-refractivity contribution in [1.29, 1.82) is 0 Å². The molecule has 248 valence electrons. The van der Waals surface area contributed by atoms with E-state index in [9.17, 15) is 38.4 Å². The fourth-order valence-electron chi connectivity index (χ4n) is 6.08. The molecular weight excluding hydrogens is 652 g/mol. The van der Waals surface area contributed by atoms with Gasteiger partial charge in [-0.15, -0.1) is 0 Å². The van der Waals surface area contributed by atoms with Gasteiger partial charge in [0.25, 0.3) is 23.6 Å². The Bertz CT molecular complexity index is 2110. The lowest BCUT2D eigenvalue weighted by atomic mass is 9.97. The van der Waals surface area contributed by atoms with E-state index in [1.54, 1.807) is 48.5 Å². The summed E-state index contributed by atoms with van der Waals surface area (Å²) in [6.07, 6.45) is 0. The highest BCUT2D eigenvalue weighted by molar-refractivity contribution is 6.23. The second-order valence-corrected chi connectivity index (χ2v) is 11.4. The predicted octanol–water partition coefficient (Wildman–Crippen LogP) is 2.51. The van der Waals surface area contributed by atoms with Gasteiger partial charge in [-0.2, -0.15) is 0 Å². The van der Waals surface area contributed by atoms with Gasteiger partial charge < -0.3 is 19.7 Å². The Labute approximate surface area is 281 Å². The SMILES string of the molecule is O=C1OC(=O)c2cc(-c3ccc4c(c3)C(=O)OC4=O)ccc21.O=C1c2ccc(-c3ccc4c(c3)C(=O)N(CCO)C4=O)cc2C(=O)N1CCO. The van der Waals surface area contributed by atoms with Gasteiger partial charge in [-0.25, -0.2) is 19.2 Å². The standard InChI is InChI=1S/C20H16N2O6.C16H6O6/c23-7-5-21-17(25)13-3-1-11(9-15(13)19(21)27)12-2-4-14-16(10-12)20(28)22(6-8-24)18(14)26;17-13-9-3-1-7(5-11(9)15(19)21-13)8-2-4-10-12(6-8)16(20)22-14(10)18/h1-4,9-10,23-24H,5-8H2;1-6H. The van der Waals surface area contributed by atoms with Crippen molar-refractivity contribution in [2.45, 2.75) is 0 Å². The highest BCUT2D eigenvalue weighted by Gasteiger charge is 2.37. The third-order valence-electron chi connectivity index (χ3n) is 8.54. The normalized spacial score (nSPS) is 15.5. The summed E-state index contributed by atoms with van der Waals surface area (Å²) < 4.78 is 9.06. The van der Waals surface area contributed by atoms with E-state index in [4.69, 9.17) is 10.2 Å². The number of imide groups is 2. The first kappa shape index (κ1) is 31.9. The van der Waals surface area contributed by atoms with Crippen molar-refractivity contribution >= 4 is 47.5 Å². The van der Waals surface area contributed by atoms with Crippen molar-refractivity contribution in [2.24, 2.45) is 0 Å². The lowest BCUT2D eigenvalue weighted by Gasteiger charge is -2.10. The first-order valence-electron chi connectivity index (χ1n) is 15.1. The summed E-state index contributed by atoms with van der Waals surface area (Å²) in [7, 11) is 0. The molecule has 0 unspecified atom stereocenters. The summed E-state index contributed by atoms with van der Waals surface area (Å²) in [4.78, 5) is 97.4. The predicted molar refractivity (Wildman–Crippen MR) is 168 cm³/mol. The van der Waals surface area contributed by atoms with Crippen molar-refractivity contribution < 1.29 is 58.0 Å². The number of esters is 4. The third-order valence-corrected chi connectivity index (χ3v) is 8.54. The molecule has 14 heteroatoms. The zero-order chi connectivity index (χ0) is 35.4. The average molecular weight is 675 g/mol. The molecule has 0 spiro atoms. The van der Waals surface area contributed by atoms with E-state index >= 15 is 0 Å². The van der Waals surface area contributed by atoms with Crippen molar-refractivity contribution in [3.63, 3.8) is 0 Å². The Balaban J connectivity index is 0.000000161. The van der Waals surface area contributed by atoms with E-state index in [0.717, 1.165) is 9.80 Å². The molecule has 0 bridgehead atoms. The largest absolute Gasteiger partial charge is 0.395 e. The maximum Gasteiger partial charge on any atom is 0.346 e. The topological polar surface area (TPSA) is 202 Å². The monoisotopic (exact) mass is 674 g/mol. The maximum absolute atomic E-state index is 12.4. The smallest absolute Gasteiger partial charge is 0.346 e. The van der Waals surface area contributed by atoms with Gasteiger partial charge in [0.1, 0.15) is 0 Å². The maximum atomic E-state index is 12.4. The highest BCUT2D eigenvalue weighted by Crippen LogP contribution is 2.33. The minimum absolute atomic E-state index is 0.0716. The number of β-amino-alcohol motifs (C(OH)–C–C–N with tert-alkyl or cyclic N) is 2. The van der Waals surface area contributed by atoms with E-state index in [1.807, 2.05) is 0 Å². The van der Waals surface area contributed by atoms with Crippen molar-refractivity contribution in [3.8, 4) is 22.3 Å². The number of hydrogen-bond donors (Lipinski definition) is 2. The number of aliphatic hydroxyl groups excluding tert-OH is 2. The van der Waals surface area contributed by atoms with Crippen LogP contribution < -0.4 is 0 Å². The number of carbonyl (C=O) groups excluding carboxylic acids is 8. The molecule has 4 aliphatic heterocycles. The number of benzene rings is 4. The lowest BCUT2D eigenvalue weighted by Crippen LogP contribution is -2.32. The summed E-state index contributed by atoms with van der Waals surface area (Å²) in [5.41, 5.74) is 4.29. The van der Waals surface area contributed by atoms with Crippen LogP contribution in [0.2, 0.25) is 0 Å². The van der Waals surface area contributed by atoms with Gasteiger partial charge in [-0.1, -0.05) is 24.3 Å². The van der Waals surface area contributed by atoms with Crippen molar-refractivity contribution in [2.75, 3.05) is 26.3 Å². The highest BCUT2D eigenvalue weighted by atomic mass is 16.6. The molecule has 0 radical (unpaired) electrons. The molecule has 50 heavy (non-hydrogen) atoms. The van der Waals surface area contributed by atoms with Crippen molar-refractivity contribution in [1.82, 2.24) is 9.80 Å². The molecule has 4 aliphatic rings. The minimum atomic E-state index is -0.697. The van der Waals surface area contributed by atoms with Gasteiger partial charge in [0.15, 0.2) is 0 Å². The number of hydrogen-bond acceptors (Lipinski definition) is 12. The molecular formula is C36H22N2O12. The fourth-order valence-corrected chi connectivity index (χ4v) is 6.08. The molecule has 0 saturated heterocycles. The second-order valence-electron chi connectivity index (χ2n) is 11.4. The van der Waals surface area contributed by atoms with E-state index in [0.29, 0.717) is 22.3 Å². The first-order valence-corrected chi connectivity index (χ1v) is 15.1. The number of ether oxygens (including phenoxy) is 2. The van der Waals surface area contributed by atoms with Crippen LogP contribution in [0.5, 0.6) is 0 Å². The minimum Gasteiger partial charge on any atom is -0.395 e. The van der Waals surface area contributed by atoms with Gasteiger partial charge in [0.2, 0.25) is 0 Å². The Hall–Kier alpha value is -6.64. The molecule has 4 aromatic rings. The summed E-state index contributed by atoms with van der Waals surface area (Å²) in [6.45, 7) is -0.775. The molecule has 4 amide bonds. The van der Waals surface area contributed by atoms with Gasteiger partial charge in [-0.05, 0) is 70.8 Å². The molecule has 2 N–H and O–H groups in total. The molecule has 0 saturated carbocycles. The summed E-state index contributed by atoms with van der Waals surface area (Å²) >= 11 is 0. The quantitative estimate of drug-likeness (QED) is 0.172. The summed E-state index contributed by atoms with van der Waals surface area (Å²) in [5, 5.41) is 18.1. The number of rotatable bonds is 6. The van der Waals surface area contributed by atoms with Crippen molar-refractivity contribution in [3.05, 3.63) is 117 Å². The zero-order valence-electron chi connectivity index (χ0n) is 25.6. The molecule has 0 fully saturated rings. The Morgan fingerprint density at radius 2 is 0.660 bits per heavy atom. The third kappa shape index (κ3) is 5.06. The molecule has 0 aromatic heterocycles. The summed E-state index contributed by atoms with van der Waals surface area (Å²) in [6, 6.07) is 18.9. The molecule has 4 aromatic carbocycles. The van der Waals surface area contributed by atoms with E-state index < -0.39 is 47.5 Å². The fraction of sp³-hybridized carbons (Fsp3) is 0.111. The van der Waals surface area contributed by atoms with Crippen LogP contribution in [0, 0.1) is 0 Å². The van der Waals surface area contributed by atoms with Crippen LogP contribution in [0.1, 0.15) is 82.9 Å². The molecule has 0 atom stereocenters. The molecule has 0 aliphatic carbocycles. The molecule has 4 heterocycles. The van der Waals surface area contributed by atoms with Crippen LogP contribution in [0.25, 0.3) is 22.3 Å². The summed E-state index contributed by atoms with van der Waals surface area (Å²) in [5.74, 6) is -4.58. The Morgan fingerprint density at radius 1 is 0.380 bits per heavy atom. The van der Waals surface area contributed by atoms with E-state index in [1.165, 1.54) is 24.3 Å². The molecule has 14 nitrogen and oxygen atoms in total. The Kier molecular flexibility index (Phi) is 7.73. The number of fused-ring (bicyclic) bond motifs is 4. The van der Waals surface area contributed by atoms with Crippen LogP contribution in [-0.2, 0) is 9.47 Å². The lowest BCUT2D eigenvalue weighted by molar-refractivity contribution is 0.0425. The number of amides is 4. The number of aliphatic hydroxyl groups is 2. The second kappa shape index (κ2) is 12.1. The van der Waals surface area contributed by atoms with Crippen LogP contribution >= 0.6 is 0 Å². The van der Waals surface area contributed by atoms with E-state index in [-0.39, 0.29) is 70.8 Å².